The molecule has 0 unspecified atom stereocenters. The van der Waals surface area contributed by atoms with Crippen molar-refractivity contribution in [2.75, 3.05) is 0 Å². The molecule has 0 amide bonds. The summed E-state index contributed by atoms with van der Waals surface area (Å²) in [6.45, 7) is 29.3. The van der Waals surface area contributed by atoms with Crippen LogP contribution in [0.4, 0.5) is 0 Å². The predicted molar refractivity (Wildman–Crippen MR) is 137 cm³/mol. The first-order valence-corrected chi connectivity index (χ1v) is 11.4. The number of Topliss-reactive ketones (excluding diaryl/α,β-unsaturated/α-hetero) is 1. The Kier molecular flexibility index (Phi) is 33.3. The Hall–Kier alpha value is -2.15. The van der Waals surface area contributed by atoms with Crippen molar-refractivity contribution in [2.45, 2.75) is 88.0 Å². The van der Waals surface area contributed by atoms with Crippen molar-refractivity contribution in [2.24, 2.45) is 0 Å². The molecule has 0 bridgehead atoms. The molecule has 29 heavy (non-hydrogen) atoms. The van der Waals surface area contributed by atoms with E-state index in [4.69, 9.17) is 0 Å². The summed E-state index contributed by atoms with van der Waals surface area (Å²) in [4.78, 5) is 12.6. The Morgan fingerprint density at radius 2 is 1.34 bits per heavy atom. The minimum absolute atomic E-state index is 0.00127. The molecule has 1 nitrogen and oxygen atoms in total. The molecule has 0 aromatic heterocycles. The zero-order chi connectivity index (χ0) is 23.7. The summed E-state index contributed by atoms with van der Waals surface area (Å²) in [6.07, 6.45) is 16.8. The van der Waals surface area contributed by atoms with Crippen molar-refractivity contribution in [1.82, 2.24) is 0 Å². The van der Waals surface area contributed by atoms with Gasteiger partial charge >= 0.3 is 0 Å². The summed E-state index contributed by atoms with van der Waals surface area (Å²) >= 11 is 0. The predicted octanol–water partition coefficient (Wildman–Crippen LogP) is 9.52. The number of ketones is 1. The third kappa shape index (κ3) is 16.5. The number of hydrogen-bond acceptors (Lipinski definition) is 1. The first-order valence-electron chi connectivity index (χ1n) is 11.4. The molecule has 1 aliphatic carbocycles. The quantitative estimate of drug-likeness (QED) is 0.320. The maximum Gasteiger partial charge on any atom is 0.192 e. The van der Waals surface area contributed by atoms with Gasteiger partial charge in [-0.15, -0.1) is 0 Å². The minimum Gasteiger partial charge on any atom is -0.289 e. The molecule has 0 aliphatic heterocycles. The highest BCUT2D eigenvalue weighted by Crippen LogP contribution is 2.28. The van der Waals surface area contributed by atoms with Gasteiger partial charge in [0.15, 0.2) is 5.78 Å². The minimum atomic E-state index is 0.00127. The van der Waals surface area contributed by atoms with Crippen LogP contribution in [0.5, 0.6) is 0 Å². The highest BCUT2D eigenvalue weighted by Gasteiger charge is 2.14. The SMILES string of the molecule is C=C/C=C\C(=C/C=C)C(=O)C(/C=C1/CCCCC1=C)=C/C.CC.CC.CC.CC. The van der Waals surface area contributed by atoms with Gasteiger partial charge in [0.05, 0.1) is 0 Å². The largest absolute Gasteiger partial charge is 0.289 e. The Morgan fingerprint density at radius 1 is 0.828 bits per heavy atom. The van der Waals surface area contributed by atoms with E-state index in [-0.39, 0.29) is 5.78 Å². The number of carbonyl (C=O) groups excluding carboxylic acids is 1. The van der Waals surface area contributed by atoms with Crippen LogP contribution in [0.15, 0.2) is 84.6 Å². The third-order valence-corrected chi connectivity index (χ3v) is 3.50. The van der Waals surface area contributed by atoms with E-state index in [1.165, 1.54) is 18.4 Å². The van der Waals surface area contributed by atoms with Gasteiger partial charge in [0, 0.05) is 11.1 Å². The Balaban J connectivity index is -0.000000347. The smallest absolute Gasteiger partial charge is 0.192 e. The number of allylic oxidation sites excluding steroid dienone is 11. The standard InChI is InChI=1S/C20H24O.4C2H6/c1-5-8-13-18(11-6-2)20(21)17(7-3)15-19-14-10-9-12-16(19)4;4*1-2/h5-8,11,13,15H,1-2,4,9-10,12,14H2,3H3;4*1-2H3/b13-8-,17-7+,18-11+,19-15-;;;;. The lowest BCUT2D eigenvalue weighted by atomic mass is 9.88. The lowest BCUT2D eigenvalue weighted by molar-refractivity contribution is -0.111. The van der Waals surface area contributed by atoms with Crippen LogP contribution in [0.3, 0.4) is 0 Å². The zero-order valence-corrected chi connectivity index (χ0v) is 20.9. The van der Waals surface area contributed by atoms with Crippen LogP contribution >= 0.6 is 0 Å². The molecule has 1 saturated carbocycles. The fourth-order valence-corrected chi connectivity index (χ4v) is 2.31. The Morgan fingerprint density at radius 3 is 1.76 bits per heavy atom. The van der Waals surface area contributed by atoms with Crippen molar-refractivity contribution in [3.8, 4) is 0 Å². The van der Waals surface area contributed by atoms with E-state index in [1.54, 1.807) is 30.4 Å². The molecule has 1 fully saturated rings. The maximum absolute atomic E-state index is 12.6. The first kappa shape index (κ1) is 34.4. The van der Waals surface area contributed by atoms with Crippen molar-refractivity contribution in [3.05, 3.63) is 84.6 Å². The van der Waals surface area contributed by atoms with E-state index in [1.807, 2.05) is 74.5 Å². The van der Waals surface area contributed by atoms with E-state index in [9.17, 15) is 4.79 Å². The van der Waals surface area contributed by atoms with Crippen LogP contribution < -0.4 is 0 Å². The molecule has 0 heterocycles. The van der Waals surface area contributed by atoms with E-state index in [2.05, 4.69) is 19.7 Å². The average molecular weight is 401 g/mol. The van der Waals surface area contributed by atoms with Crippen molar-refractivity contribution >= 4 is 5.78 Å². The van der Waals surface area contributed by atoms with Gasteiger partial charge in [0.1, 0.15) is 0 Å². The van der Waals surface area contributed by atoms with Crippen molar-refractivity contribution in [1.29, 1.82) is 0 Å². The van der Waals surface area contributed by atoms with Gasteiger partial charge in [-0.1, -0.05) is 117 Å². The fourth-order valence-electron chi connectivity index (χ4n) is 2.31. The van der Waals surface area contributed by atoms with Gasteiger partial charge in [-0.05, 0) is 44.3 Å². The first-order chi connectivity index (χ1) is 14.1. The summed E-state index contributed by atoms with van der Waals surface area (Å²) in [7, 11) is 0. The molecule has 1 heteroatoms. The maximum atomic E-state index is 12.6. The summed E-state index contributed by atoms with van der Waals surface area (Å²) in [5, 5.41) is 0. The molecule has 1 aliphatic rings. The van der Waals surface area contributed by atoms with E-state index in [0.717, 1.165) is 18.4 Å². The van der Waals surface area contributed by atoms with Crippen LogP contribution in [0.25, 0.3) is 0 Å². The zero-order valence-electron chi connectivity index (χ0n) is 20.9. The molecule has 0 N–H and O–H groups in total. The van der Waals surface area contributed by atoms with Crippen LogP contribution in [0.1, 0.15) is 88.0 Å². The summed E-state index contributed by atoms with van der Waals surface area (Å²) in [5.41, 5.74) is 3.67. The normalized spacial score (nSPS) is 14.7. The molecule has 0 aromatic rings. The molecular weight excluding hydrogens is 352 g/mol. The van der Waals surface area contributed by atoms with Gasteiger partial charge in [-0.2, -0.15) is 0 Å². The summed E-state index contributed by atoms with van der Waals surface area (Å²) < 4.78 is 0. The van der Waals surface area contributed by atoms with Crippen molar-refractivity contribution in [3.63, 3.8) is 0 Å². The van der Waals surface area contributed by atoms with Gasteiger partial charge in [-0.3, -0.25) is 4.79 Å². The van der Waals surface area contributed by atoms with Gasteiger partial charge in [0.2, 0.25) is 0 Å². The molecule has 0 spiro atoms. The lowest BCUT2D eigenvalue weighted by Gasteiger charge is -2.17. The molecule has 0 aromatic carbocycles. The molecule has 0 saturated heterocycles. The second-order valence-corrected chi connectivity index (χ2v) is 5.01. The van der Waals surface area contributed by atoms with Crippen LogP contribution in [-0.2, 0) is 4.79 Å². The van der Waals surface area contributed by atoms with E-state index in [0.29, 0.717) is 11.1 Å². The summed E-state index contributed by atoms with van der Waals surface area (Å²) in [5.74, 6) is 0.00127. The average Bonchev–Trinajstić information content (AvgIpc) is 2.81. The van der Waals surface area contributed by atoms with Gasteiger partial charge < -0.3 is 0 Å². The highest BCUT2D eigenvalue weighted by atomic mass is 16.1. The highest BCUT2D eigenvalue weighted by molar-refractivity contribution is 6.12. The number of hydrogen-bond donors (Lipinski definition) is 0. The van der Waals surface area contributed by atoms with Crippen LogP contribution in [0.2, 0.25) is 0 Å². The number of carbonyl (C=O) groups is 1. The lowest BCUT2D eigenvalue weighted by Crippen LogP contribution is -2.05. The Labute approximate surface area is 183 Å². The summed E-state index contributed by atoms with van der Waals surface area (Å²) in [6, 6.07) is 0. The second-order valence-electron chi connectivity index (χ2n) is 5.01. The van der Waals surface area contributed by atoms with Crippen LogP contribution in [-0.4, -0.2) is 5.78 Å². The molecule has 0 atom stereocenters. The third-order valence-electron chi connectivity index (χ3n) is 3.50. The molecular formula is C28H48O. The van der Waals surface area contributed by atoms with Gasteiger partial charge in [-0.25, -0.2) is 0 Å². The van der Waals surface area contributed by atoms with Gasteiger partial charge in [0.25, 0.3) is 0 Å². The Bertz CT molecular complexity index is 551. The molecule has 166 valence electrons. The van der Waals surface area contributed by atoms with E-state index >= 15 is 0 Å². The monoisotopic (exact) mass is 400 g/mol. The van der Waals surface area contributed by atoms with Crippen LogP contribution in [0, 0.1) is 0 Å². The molecule has 1 rings (SSSR count). The fraction of sp³-hybridized carbons (Fsp3) is 0.464. The molecule has 0 radical (unpaired) electrons. The topological polar surface area (TPSA) is 17.1 Å². The van der Waals surface area contributed by atoms with Crippen molar-refractivity contribution < 1.29 is 4.79 Å². The second kappa shape index (κ2) is 28.1. The number of rotatable bonds is 6. The van der Waals surface area contributed by atoms with E-state index < -0.39 is 0 Å².